The first kappa shape index (κ1) is 11.3. The van der Waals surface area contributed by atoms with Crippen LogP contribution in [0.15, 0.2) is 24.4 Å². The minimum atomic E-state index is -0.138. The van der Waals surface area contributed by atoms with E-state index >= 15 is 0 Å². The number of rotatable bonds is 3. The molecule has 16 heavy (non-hydrogen) atoms. The summed E-state index contributed by atoms with van der Waals surface area (Å²) < 4.78 is 0. The number of carbonyl (C=O) groups excluding carboxylic acids is 1. The van der Waals surface area contributed by atoms with Gasteiger partial charge in [-0.1, -0.05) is 12.5 Å². The van der Waals surface area contributed by atoms with Crippen LogP contribution in [-0.2, 0) is 4.79 Å². The lowest BCUT2D eigenvalue weighted by molar-refractivity contribution is -0.122. The molecular weight excluding hydrogens is 200 g/mol. The number of likely N-dealkylation sites (tertiary alicyclic amines) is 1. The van der Waals surface area contributed by atoms with E-state index < -0.39 is 0 Å². The predicted octanol–water partition coefficient (Wildman–Crippen LogP) is 2.20. The van der Waals surface area contributed by atoms with E-state index in [9.17, 15) is 4.79 Å². The number of pyridine rings is 1. The van der Waals surface area contributed by atoms with E-state index in [-0.39, 0.29) is 11.8 Å². The Morgan fingerprint density at radius 3 is 2.62 bits per heavy atom. The van der Waals surface area contributed by atoms with Crippen molar-refractivity contribution in [1.82, 2.24) is 9.88 Å². The van der Waals surface area contributed by atoms with E-state index in [0.717, 1.165) is 18.8 Å². The van der Waals surface area contributed by atoms with Crippen LogP contribution in [0, 0.1) is 0 Å². The number of hydrogen-bond acceptors (Lipinski definition) is 3. The minimum Gasteiger partial charge on any atom is -0.298 e. The van der Waals surface area contributed by atoms with E-state index in [0.29, 0.717) is 0 Å². The third-order valence-electron chi connectivity index (χ3n) is 3.11. The lowest BCUT2D eigenvalue weighted by Crippen LogP contribution is -2.37. The fraction of sp³-hybridized carbons (Fsp3) is 0.538. The summed E-state index contributed by atoms with van der Waals surface area (Å²) in [6.45, 7) is 3.69. The minimum absolute atomic E-state index is 0.138. The summed E-state index contributed by atoms with van der Waals surface area (Å²) in [5, 5.41) is 0. The first-order valence-corrected chi connectivity index (χ1v) is 5.94. The topological polar surface area (TPSA) is 33.2 Å². The highest BCUT2D eigenvalue weighted by molar-refractivity contribution is 5.82. The lowest BCUT2D eigenvalue weighted by Gasteiger charge is -2.32. The van der Waals surface area contributed by atoms with Gasteiger partial charge in [-0.05, 0) is 45.0 Å². The van der Waals surface area contributed by atoms with Gasteiger partial charge in [-0.2, -0.15) is 0 Å². The molecule has 1 aromatic heterocycles. The van der Waals surface area contributed by atoms with Gasteiger partial charge in [-0.3, -0.25) is 14.7 Å². The number of ketones is 1. The van der Waals surface area contributed by atoms with Gasteiger partial charge < -0.3 is 0 Å². The quantitative estimate of drug-likeness (QED) is 0.779. The standard InChI is InChI=1S/C13H18N2O/c1-11(16)13(12-7-3-4-8-14-12)15-9-5-2-6-10-15/h3-4,7-8,13H,2,5-6,9-10H2,1H3. The molecule has 2 rings (SSSR count). The largest absolute Gasteiger partial charge is 0.298 e. The monoisotopic (exact) mass is 218 g/mol. The van der Waals surface area contributed by atoms with Crippen LogP contribution in [-0.4, -0.2) is 28.8 Å². The SMILES string of the molecule is CC(=O)C(c1ccccn1)N1CCCCC1. The highest BCUT2D eigenvalue weighted by Crippen LogP contribution is 2.23. The summed E-state index contributed by atoms with van der Waals surface area (Å²) in [6, 6.07) is 5.64. The Balaban J connectivity index is 2.20. The third-order valence-corrected chi connectivity index (χ3v) is 3.11. The first-order chi connectivity index (χ1) is 7.79. The number of carbonyl (C=O) groups is 1. The van der Waals surface area contributed by atoms with Crippen LogP contribution >= 0.6 is 0 Å². The summed E-state index contributed by atoms with van der Waals surface area (Å²) in [7, 11) is 0. The number of Topliss-reactive ketones (excluding diaryl/α,β-unsaturated/α-hetero) is 1. The maximum atomic E-state index is 11.8. The second-order valence-electron chi connectivity index (χ2n) is 4.36. The molecule has 1 aromatic rings. The van der Waals surface area contributed by atoms with Crippen molar-refractivity contribution in [2.45, 2.75) is 32.2 Å². The Kier molecular flexibility index (Phi) is 3.67. The van der Waals surface area contributed by atoms with Crippen molar-refractivity contribution in [3.8, 4) is 0 Å². The molecule has 0 aromatic carbocycles. The van der Waals surface area contributed by atoms with Crippen LogP contribution < -0.4 is 0 Å². The van der Waals surface area contributed by atoms with Gasteiger partial charge in [0.15, 0.2) is 5.78 Å². The molecule has 0 N–H and O–H groups in total. The van der Waals surface area contributed by atoms with E-state index in [1.165, 1.54) is 19.3 Å². The highest BCUT2D eigenvalue weighted by atomic mass is 16.1. The second kappa shape index (κ2) is 5.21. The summed E-state index contributed by atoms with van der Waals surface area (Å²) >= 11 is 0. The molecule has 1 atom stereocenters. The maximum absolute atomic E-state index is 11.8. The summed E-state index contributed by atoms with van der Waals surface area (Å²) in [6.07, 6.45) is 5.42. The molecule has 0 radical (unpaired) electrons. The number of piperidine rings is 1. The molecule has 86 valence electrons. The fourth-order valence-electron chi connectivity index (χ4n) is 2.37. The van der Waals surface area contributed by atoms with Gasteiger partial charge in [-0.25, -0.2) is 0 Å². The molecule has 1 unspecified atom stereocenters. The van der Waals surface area contributed by atoms with Crippen molar-refractivity contribution in [3.05, 3.63) is 30.1 Å². The van der Waals surface area contributed by atoms with Crippen molar-refractivity contribution >= 4 is 5.78 Å². The molecule has 1 fully saturated rings. The Morgan fingerprint density at radius 1 is 1.31 bits per heavy atom. The smallest absolute Gasteiger partial charge is 0.153 e. The van der Waals surface area contributed by atoms with Gasteiger partial charge in [0, 0.05) is 6.20 Å². The molecule has 0 aliphatic carbocycles. The zero-order valence-electron chi connectivity index (χ0n) is 9.72. The van der Waals surface area contributed by atoms with Crippen LogP contribution in [0.3, 0.4) is 0 Å². The van der Waals surface area contributed by atoms with Gasteiger partial charge in [0.25, 0.3) is 0 Å². The second-order valence-corrected chi connectivity index (χ2v) is 4.36. The van der Waals surface area contributed by atoms with Crippen molar-refractivity contribution in [3.63, 3.8) is 0 Å². The zero-order valence-corrected chi connectivity index (χ0v) is 9.72. The molecule has 2 heterocycles. The van der Waals surface area contributed by atoms with Gasteiger partial charge in [-0.15, -0.1) is 0 Å². The van der Waals surface area contributed by atoms with Gasteiger partial charge in [0.05, 0.1) is 5.69 Å². The zero-order chi connectivity index (χ0) is 11.4. The van der Waals surface area contributed by atoms with Crippen molar-refractivity contribution < 1.29 is 4.79 Å². The lowest BCUT2D eigenvalue weighted by atomic mass is 10.0. The highest BCUT2D eigenvalue weighted by Gasteiger charge is 2.26. The number of hydrogen-bond donors (Lipinski definition) is 0. The molecule has 3 nitrogen and oxygen atoms in total. The van der Waals surface area contributed by atoms with E-state index in [2.05, 4.69) is 9.88 Å². The average molecular weight is 218 g/mol. The molecule has 0 spiro atoms. The van der Waals surface area contributed by atoms with Crippen molar-refractivity contribution in [2.75, 3.05) is 13.1 Å². The first-order valence-electron chi connectivity index (χ1n) is 5.94. The maximum Gasteiger partial charge on any atom is 0.153 e. The Hall–Kier alpha value is -1.22. The van der Waals surface area contributed by atoms with E-state index in [1.807, 2.05) is 18.2 Å². The van der Waals surface area contributed by atoms with Crippen LogP contribution in [0.5, 0.6) is 0 Å². The normalized spacial score (nSPS) is 19.3. The van der Waals surface area contributed by atoms with Crippen LogP contribution in [0.25, 0.3) is 0 Å². The number of nitrogens with zero attached hydrogens (tertiary/aromatic N) is 2. The molecular formula is C13H18N2O. The molecule has 3 heteroatoms. The van der Waals surface area contributed by atoms with E-state index in [4.69, 9.17) is 0 Å². The Bertz CT molecular complexity index is 344. The fourth-order valence-corrected chi connectivity index (χ4v) is 2.37. The molecule has 0 bridgehead atoms. The van der Waals surface area contributed by atoms with Gasteiger partial charge in [0.2, 0.25) is 0 Å². The molecule has 1 aliphatic rings. The summed E-state index contributed by atoms with van der Waals surface area (Å²) in [5.74, 6) is 0.195. The molecule has 0 saturated carbocycles. The van der Waals surface area contributed by atoms with Gasteiger partial charge in [0.1, 0.15) is 6.04 Å². The van der Waals surface area contributed by atoms with Crippen LogP contribution in [0.2, 0.25) is 0 Å². The molecule has 0 amide bonds. The number of aromatic nitrogens is 1. The predicted molar refractivity (Wildman–Crippen MR) is 63.1 cm³/mol. The average Bonchev–Trinajstić information content (AvgIpc) is 2.31. The molecule has 1 aliphatic heterocycles. The third kappa shape index (κ3) is 2.47. The molecule has 1 saturated heterocycles. The van der Waals surface area contributed by atoms with Crippen molar-refractivity contribution in [1.29, 1.82) is 0 Å². The van der Waals surface area contributed by atoms with E-state index in [1.54, 1.807) is 13.1 Å². The van der Waals surface area contributed by atoms with Crippen molar-refractivity contribution in [2.24, 2.45) is 0 Å². The Morgan fingerprint density at radius 2 is 2.06 bits per heavy atom. The van der Waals surface area contributed by atoms with Crippen LogP contribution in [0.4, 0.5) is 0 Å². The summed E-state index contributed by atoms with van der Waals surface area (Å²) in [4.78, 5) is 18.3. The Labute approximate surface area is 96.5 Å². The van der Waals surface area contributed by atoms with Gasteiger partial charge >= 0.3 is 0 Å². The van der Waals surface area contributed by atoms with Crippen LogP contribution in [0.1, 0.15) is 37.9 Å². The summed E-state index contributed by atoms with van der Waals surface area (Å²) in [5.41, 5.74) is 0.886.